The molecule has 43 heavy (non-hydrogen) atoms. The monoisotopic (exact) mass is 603 g/mol. The molecule has 3 fully saturated rings. The second-order valence-corrected chi connectivity index (χ2v) is 12.8. The number of methoxy groups -OCH3 is 1. The van der Waals surface area contributed by atoms with Crippen LogP contribution >= 0.6 is 0 Å². The molecule has 0 radical (unpaired) electrons. The van der Waals surface area contributed by atoms with Gasteiger partial charge in [0.05, 0.1) is 36.1 Å². The fourth-order valence-corrected chi connectivity index (χ4v) is 5.92. The van der Waals surface area contributed by atoms with Gasteiger partial charge in [-0.3, -0.25) is 4.79 Å². The third-order valence-corrected chi connectivity index (χ3v) is 8.87. The van der Waals surface area contributed by atoms with Crippen LogP contribution in [0.5, 0.6) is 0 Å². The molecule has 3 aliphatic rings. The number of rotatable bonds is 11. The van der Waals surface area contributed by atoms with Gasteiger partial charge in [0.15, 0.2) is 0 Å². The van der Waals surface area contributed by atoms with Gasteiger partial charge in [-0.15, -0.1) is 0 Å². The number of carbonyl (C=O) groups is 3. The molecule has 0 aromatic rings. The van der Waals surface area contributed by atoms with Crippen molar-refractivity contribution in [2.24, 2.45) is 5.92 Å². The maximum absolute atomic E-state index is 12.6. The van der Waals surface area contributed by atoms with E-state index in [2.05, 4.69) is 49.2 Å². The number of carbonyl (C=O) groups excluding carboxylic acids is 3. The minimum atomic E-state index is -0.503. The lowest BCUT2D eigenvalue weighted by Crippen LogP contribution is -2.50. The number of allylic oxidation sites excluding steroid dienone is 2. The summed E-state index contributed by atoms with van der Waals surface area (Å²) >= 11 is 0. The van der Waals surface area contributed by atoms with E-state index in [1.807, 2.05) is 14.0 Å². The summed E-state index contributed by atoms with van der Waals surface area (Å²) in [6.45, 7) is 13.0. The van der Waals surface area contributed by atoms with Crippen molar-refractivity contribution in [2.75, 3.05) is 40.3 Å². The Morgan fingerprint density at radius 2 is 1.81 bits per heavy atom. The van der Waals surface area contributed by atoms with Crippen molar-refractivity contribution in [3.63, 3.8) is 0 Å². The molecule has 0 bridgehead atoms. The Labute approximate surface area is 257 Å². The smallest absolute Gasteiger partial charge is 0.410 e. The lowest BCUT2D eigenvalue weighted by molar-refractivity contribution is -0.141. The van der Waals surface area contributed by atoms with Crippen molar-refractivity contribution in [1.29, 1.82) is 0 Å². The summed E-state index contributed by atoms with van der Waals surface area (Å²) in [5, 5.41) is 3.06. The third kappa shape index (κ3) is 11.2. The van der Waals surface area contributed by atoms with Gasteiger partial charge in [0.1, 0.15) is 12.4 Å². The van der Waals surface area contributed by atoms with Gasteiger partial charge >= 0.3 is 6.09 Å². The highest BCUT2D eigenvalue weighted by Crippen LogP contribution is 2.33. The maximum Gasteiger partial charge on any atom is 0.410 e. The Bertz CT molecular complexity index is 1020. The van der Waals surface area contributed by atoms with Crippen LogP contribution in [0, 0.1) is 5.92 Å². The number of amides is 2. The number of likely N-dealkylation sites (N-methyl/N-ethyl adjacent to an activating group) is 1. The molecule has 3 aliphatic heterocycles. The molecule has 3 rings (SSSR count). The number of hydrogen-bond donors (Lipinski definition) is 1. The van der Waals surface area contributed by atoms with Crippen LogP contribution in [0.15, 0.2) is 36.0 Å². The van der Waals surface area contributed by atoms with Gasteiger partial charge < -0.3 is 38.9 Å². The SMILES string of the molecule is CO[C@]1(C)CC(/C=C/C(C)=C/CC2OC(C)C(NC(=O)/C=C\C(C)OC(=O)N3CCN(C)CC3)CC2C)O[C@H](CC=O)C1. The highest BCUT2D eigenvalue weighted by Gasteiger charge is 2.37. The van der Waals surface area contributed by atoms with Gasteiger partial charge in [-0.2, -0.15) is 0 Å². The summed E-state index contributed by atoms with van der Waals surface area (Å²) in [6, 6.07) is -0.102. The Morgan fingerprint density at radius 1 is 1.09 bits per heavy atom. The van der Waals surface area contributed by atoms with Crippen molar-refractivity contribution in [3.05, 3.63) is 36.0 Å². The summed E-state index contributed by atoms with van der Waals surface area (Å²) in [7, 11) is 3.74. The standard InChI is InChI=1S/C33H53N3O7/c1-23(8-11-27-21-33(5,40-7)22-28(43-27)14-19-37)9-12-30-24(2)20-29(26(4)42-30)34-31(38)13-10-25(3)41-32(39)36-17-15-35(6)16-18-36/h8-11,13,19,24-30H,12,14-18,20-22H2,1-7H3,(H,34,38)/b11-8+,13-10-,23-9+/t24?,25?,26?,27?,28-,29?,30?,33-/m1/s1. The molecule has 242 valence electrons. The van der Waals surface area contributed by atoms with Crippen LogP contribution in [-0.4, -0.2) is 111 Å². The molecule has 10 nitrogen and oxygen atoms in total. The molecular formula is C33H53N3O7. The zero-order valence-corrected chi connectivity index (χ0v) is 27.1. The van der Waals surface area contributed by atoms with Gasteiger partial charge in [0.25, 0.3) is 0 Å². The van der Waals surface area contributed by atoms with Crippen LogP contribution < -0.4 is 5.32 Å². The molecule has 3 saturated heterocycles. The summed E-state index contributed by atoms with van der Waals surface area (Å²) in [4.78, 5) is 39.9. The molecule has 2 amide bonds. The summed E-state index contributed by atoms with van der Waals surface area (Å²) < 4.78 is 23.6. The molecule has 0 saturated carbocycles. The Kier molecular flexibility index (Phi) is 13.4. The number of ether oxygens (including phenoxy) is 4. The van der Waals surface area contributed by atoms with E-state index in [1.54, 1.807) is 25.0 Å². The fourth-order valence-electron chi connectivity index (χ4n) is 5.92. The largest absolute Gasteiger partial charge is 0.442 e. The first-order chi connectivity index (χ1) is 20.4. The van der Waals surface area contributed by atoms with E-state index in [0.717, 1.165) is 44.2 Å². The lowest BCUT2D eigenvalue weighted by atomic mass is 9.87. The average molecular weight is 604 g/mol. The molecule has 10 heteroatoms. The van der Waals surface area contributed by atoms with E-state index in [4.69, 9.17) is 18.9 Å². The van der Waals surface area contributed by atoms with E-state index in [9.17, 15) is 14.4 Å². The summed E-state index contributed by atoms with van der Waals surface area (Å²) in [6.07, 6.45) is 12.5. The third-order valence-electron chi connectivity index (χ3n) is 8.87. The van der Waals surface area contributed by atoms with E-state index in [0.29, 0.717) is 25.9 Å². The first kappa shape index (κ1) is 35.0. The zero-order valence-electron chi connectivity index (χ0n) is 27.1. The second kappa shape index (κ2) is 16.5. The summed E-state index contributed by atoms with van der Waals surface area (Å²) in [5.41, 5.74) is 0.809. The number of nitrogens with one attached hydrogen (secondary N) is 1. The minimum Gasteiger partial charge on any atom is -0.442 e. The van der Waals surface area contributed by atoms with Gasteiger partial charge in [-0.1, -0.05) is 30.7 Å². The van der Waals surface area contributed by atoms with E-state index >= 15 is 0 Å². The van der Waals surface area contributed by atoms with Crippen LogP contribution in [-0.2, 0) is 28.5 Å². The average Bonchev–Trinajstić information content (AvgIpc) is 2.96. The molecule has 0 spiro atoms. The molecule has 3 heterocycles. The van der Waals surface area contributed by atoms with Crippen molar-refractivity contribution < 1.29 is 33.3 Å². The van der Waals surface area contributed by atoms with Crippen molar-refractivity contribution in [1.82, 2.24) is 15.1 Å². The molecule has 6 unspecified atom stereocenters. The van der Waals surface area contributed by atoms with Crippen molar-refractivity contribution in [2.45, 2.75) is 109 Å². The highest BCUT2D eigenvalue weighted by atomic mass is 16.6. The van der Waals surface area contributed by atoms with Crippen LogP contribution in [0.3, 0.4) is 0 Å². The van der Waals surface area contributed by atoms with Crippen LogP contribution in [0.4, 0.5) is 4.79 Å². The topological polar surface area (TPSA) is 107 Å². The normalized spacial score (nSPS) is 33.5. The van der Waals surface area contributed by atoms with Crippen LogP contribution in [0.1, 0.15) is 66.7 Å². The van der Waals surface area contributed by atoms with Crippen molar-refractivity contribution >= 4 is 18.3 Å². The number of nitrogens with zero attached hydrogens (tertiary/aromatic N) is 2. The Balaban J connectivity index is 1.43. The maximum atomic E-state index is 12.6. The van der Waals surface area contributed by atoms with Gasteiger partial charge in [-0.25, -0.2) is 4.79 Å². The van der Waals surface area contributed by atoms with Crippen LogP contribution in [0.25, 0.3) is 0 Å². The zero-order chi connectivity index (χ0) is 31.6. The quantitative estimate of drug-likeness (QED) is 0.214. The molecular weight excluding hydrogens is 550 g/mol. The first-order valence-electron chi connectivity index (χ1n) is 15.7. The molecule has 8 atom stereocenters. The second-order valence-electron chi connectivity index (χ2n) is 12.8. The van der Waals surface area contributed by atoms with Crippen LogP contribution in [0.2, 0.25) is 0 Å². The highest BCUT2D eigenvalue weighted by molar-refractivity contribution is 5.87. The molecule has 0 aromatic heterocycles. The first-order valence-corrected chi connectivity index (χ1v) is 15.7. The number of hydrogen-bond acceptors (Lipinski definition) is 8. The molecule has 0 aliphatic carbocycles. The lowest BCUT2D eigenvalue weighted by Gasteiger charge is -2.40. The van der Waals surface area contributed by atoms with Gasteiger partial charge in [0, 0.05) is 58.6 Å². The van der Waals surface area contributed by atoms with Crippen molar-refractivity contribution in [3.8, 4) is 0 Å². The van der Waals surface area contributed by atoms with E-state index in [-0.39, 0.29) is 54.0 Å². The van der Waals surface area contributed by atoms with E-state index in [1.165, 1.54) is 6.08 Å². The number of aldehydes is 1. The predicted molar refractivity (Wildman–Crippen MR) is 166 cm³/mol. The van der Waals surface area contributed by atoms with E-state index < -0.39 is 6.10 Å². The Morgan fingerprint density at radius 3 is 2.49 bits per heavy atom. The number of piperazine rings is 1. The predicted octanol–water partition coefficient (Wildman–Crippen LogP) is 4.05. The molecule has 1 N–H and O–H groups in total. The van der Waals surface area contributed by atoms with Gasteiger partial charge in [0.2, 0.25) is 5.91 Å². The van der Waals surface area contributed by atoms with Gasteiger partial charge in [-0.05, 0) is 59.6 Å². The molecule has 0 aromatic carbocycles. The summed E-state index contributed by atoms with van der Waals surface area (Å²) in [5.74, 6) is 0.0366. The minimum absolute atomic E-state index is 0.0516. The Hall–Kier alpha value is -2.53. The fraction of sp³-hybridized carbons (Fsp3) is 0.727.